The number of ether oxygens (including phenoxy) is 2. The summed E-state index contributed by atoms with van der Waals surface area (Å²) in [5, 5.41) is 14.2. The summed E-state index contributed by atoms with van der Waals surface area (Å²) in [5.41, 5.74) is 0. The van der Waals surface area contributed by atoms with E-state index in [0.717, 1.165) is 14.2 Å². The number of amides is 2. The molecule has 0 aromatic rings. The first-order chi connectivity index (χ1) is 12.0. The Hall–Kier alpha value is -2.65. The Morgan fingerprint density at radius 2 is 1.31 bits per heavy atom. The molecule has 3 N–H and O–H groups in total. The second kappa shape index (κ2) is 10.4. The number of carbonyl (C=O) groups excluding carboxylic acids is 4. The van der Waals surface area contributed by atoms with Gasteiger partial charge in [-0.3, -0.25) is 19.2 Å². The maximum atomic E-state index is 12.4. The zero-order valence-electron chi connectivity index (χ0n) is 15.7. The first-order valence-electron chi connectivity index (χ1n) is 7.93. The van der Waals surface area contributed by atoms with Crippen LogP contribution in [0.2, 0.25) is 0 Å². The number of carboxylic acids is 1. The van der Waals surface area contributed by atoms with Crippen LogP contribution in [0.4, 0.5) is 0 Å². The van der Waals surface area contributed by atoms with Gasteiger partial charge in [-0.1, -0.05) is 20.8 Å². The summed E-state index contributed by atoms with van der Waals surface area (Å²) in [7, 11) is 2.09. The number of carboxylic acid groups (broad SMARTS) is 1. The molecule has 26 heavy (non-hydrogen) atoms. The van der Waals surface area contributed by atoms with Crippen molar-refractivity contribution < 1.29 is 38.6 Å². The lowest BCUT2D eigenvalue weighted by Crippen LogP contribution is -2.56. The highest BCUT2D eigenvalue weighted by molar-refractivity contribution is 5.97. The first kappa shape index (κ1) is 23.4. The number of rotatable bonds is 9. The minimum absolute atomic E-state index is 0.319. The number of carbonyl (C=O) groups is 5. The molecule has 148 valence electrons. The second-order valence-corrected chi connectivity index (χ2v) is 6.13. The lowest BCUT2D eigenvalue weighted by Gasteiger charge is -2.28. The smallest absolute Gasteiger partial charge is 0.326 e. The van der Waals surface area contributed by atoms with Crippen molar-refractivity contribution >= 4 is 29.7 Å². The van der Waals surface area contributed by atoms with E-state index in [9.17, 15) is 29.1 Å². The van der Waals surface area contributed by atoms with E-state index < -0.39 is 53.6 Å². The maximum absolute atomic E-state index is 12.4. The van der Waals surface area contributed by atoms with Gasteiger partial charge in [-0.25, -0.2) is 4.79 Å². The minimum atomic E-state index is -1.58. The normalized spacial score (nSPS) is 14.2. The van der Waals surface area contributed by atoms with Gasteiger partial charge < -0.3 is 25.2 Å². The summed E-state index contributed by atoms with van der Waals surface area (Å²) in [6.07, 6.45) is 0. The number of hydrogen-bond acceptors (Lipinski definition) is 7. The van der Waals surface area contributed by atoms with Crippen molar-refractivity contribution in [2.45, 2.75) is 39.8 Å². The third-order valence-corrected chi connectivity index (χ3v) is 3.83. The molecule has 0 unspecified atom stereocenters. The van der Waals surface area contributed by atoms with Gasteiger partial charge in [0.2, 0.25) is 11.8 Å². The molecular weight excluding hydrogens is 348 g/mol. The summed E-state index contributed by atoms with van der Waals surface area (Å²) in [6.45, 7) is 5.88. The highest BCUT2D eigenvalue weighted by Gasteiger charge is 2.42. The molecule has 2 amide bonds. The Balaban J connectivity index is 5.59. The molecule has 0 heterocycles. The van der Waals surface area contributed by atoms with E-state index >= 15 is 0 Å². The molecule has 0 bridgehead atoms. The van der Waals surface area contributed by atoms with Crippen LogP contribution in [-0.2, 0) is 33.4 Å². The molecule has 0 fully saturated rings. The van der Waals surface area contributed by atoms with Gasteiger partial charge >= 0.3 is 17.9 Å². The van der Waals surface area contributed by atoms with Gasteiger partial charge in [0.05, 0.1) is 14.2 Å². The Bertz CT molecular complexity index is 544. The summed E-state index contributed by atoms with van der Waals surface area (Å²) in [6, 6.07) is -2.56. The molecule has 10 heteroatoms. The van der Waals surface area contributed by atoms with Gasteiger partial charge in [0, 0.05) is 12.8 Å². The highest BCUT2D eigenvalue weighted by atomic mass is 16.5. The van der Waals surface area contributed by atoms with Crippen LogP contribution >= 0.6 is 0 Å². The third-order valence-electron chi connectivity index (χ3n) is 3.83. The van der Waals surface area contributed by atoms with Crippen LogP contribution in [0, 0.1) is 17.8 Å². The van der Waals surface area contributed by atoms with Gasteiger partial charge in [0.15, 0.2) is 5.92 Å². The Labute approximate surface area is 151 Å². The molecule has 10 nitrogen and oxygen atoms in total. The van der Waals surface area contributed by atoms with Crippen LogP contribution in [0.1, 0.15) is 27.7 Å². The Morgan fingerprint density at radius 1 is 0.846 bits per heavy atom. The van der Waals surface area contributed by atoms with Crippen LogP contribution in [-0.4, -0.2) is 61.1 Å². The van der Waals surface area contributed by atoms with Crippen molar-refractivity contribution in [2.24, 2.45) is 17.8 Å². The quantitative estimate of drug-likeness (QED) is 0.355. The van der Waals surface area contributed by atoms with E-state index in [0.29, 0.717) is 0 Å². The minimum Gasteiger partial charge on any atom is -0.480 e. The van der Waals surface area contributed by atoms with E-state index in [-0.39, 0.29) is 5.92 Å². The van der Waals surface area contributed by atoms with Crippen LogP contribution < -0.4 is 10.6 Å². The molecule has 0 spiro atoms. The lowest BCUT2D eigenvalue weighted by atomic mass is 9.87. The third kappa shape index (κ3) is 6.34. The van der Waals surface area contributed by atoms with Crippen LogP contribution in [0.5, 0.6) is 0 Å². The zero-order valence-corrected chi connectivity index (χ0v) is 15.7. The molecule has 0 aromatic heterocycles. The largest absolute Gasteiger partial charge is 0.480 e. The zero-order chi connectivity index (χ0) is 20.6. The molecule has 0 rings (SSSR count). The van der Waals surface area contributed by atoms with Gasteiger partial charge in [0.1, 0.15) is 12.1 Å². The van der Waals surface area contributed by atoms with Crippen molar-refractivity contribution in [1.29, 1.82) is 0 Å². The number of nitrogens with one attached hydrogen (secondary N) is 2. The second-order valence-electron chi connectivity index (χ2n) is 6.13. The summed E-state index contributed by atoms with van der Waals surface area (Å²) >= 11 is 0. The number of aliphatic carboxylic acids is 1. The van der Waals surface area contributed by atoms with Gasteiger partial charge in [-0.05, 0) is 5.92 Å². The number of methoxy groups -OCH3 is 2. The molecule has 0 radical (unpaired) electrons. The van der Waals surface area contributed by atoms with E-state index in [2.05, 4.69) is 20.1 Å². The van der Waals surface area contributed by atoms with E-state index in [1.807, 2.05) is 0 Å². The van der Waals surface area contributed by atoms with Crippen molar-refractivity contribution in [3.63, 3.8) is 0 Å². The Morgan fingerprint density at radius 3 is 1.62 bits per heavy atom. The molecular formula is C16H26N2O8. The van der Waals surface area contributed by atoms with Crippen LogP contribution in [0.3, 0.4) is 0 Å². The topological polar surface area (TPSA) is 148 Å². The molecule has 0 aliphatic heterocycles. The molecule has 0 aliphatic rings. The fourth-order valence-electron chi connectivity index (χ4n) is 2.39. The van der Waals surface area contributed by atoms with E-state index in [1.165, 1.54) is 13.8 Å². The fourth-order valence-corrected chi connectivity index (χ4v) is 2.39. The van der Waals surface area contributed by atoms with Gasteiger partial charge in [0.25, 0.3) is 0 Å². The fraction of sp³-hybridized carbons (Fsp3) is 0.688. The summed E-state index contributed by atoms with van der Waals surface area (Å²) < 4.78 is 9.05. The first-order valence-corrected chi connectivity index (χ1v) is 7.93. The van der Waals surface area contributed by atoms with Gasteiger partial charge in [-0.15, -0.1) is 0 Å². The van der Waals surface area contributed by atoms with Crippen molar-refractivity contribution in [3.05, 3.63) is 0 Å². The molecule has 3 atom stereocenters. The van der Waals surface area contributed by atoms with Crippen molar-refractivity contribution in [3.8, 4) is 0 Å². The highest BCUT2D eigenvalue weighted by Crippen LogP contribution is 2.20. The van der Waals surface area contributed by atoms with E-state index in [1.54, 1.807) is 13.8 Å². The molecule has 0 aliphatic carbocycles. The average Bonchev–Trinajstić information content (AvgIpc) is 2.55. The number of esters is 2. The summed E-state index contributed by atoms with van der Waals surface area (Å²) in [5.74, 6) is -7.64. The lowest BCUT2D eigenvalue weighted by molar-refractivity contribution is -0.163. The average molecular weight is 374 g/mol. The predicted octanol–water partition coefficient (Wildman–Crippen LogP) is -0.685. The summed E-state index contributed by atoms with van der Waals surface area (Å²) in [4.78, 5) is 59.0. The van der Waals surface area contributed by atoms with Crippen LogP contribution in [0.15, 0.2) is 0 Å². The molecule has 0 aromatic carbocycles. The van der Waals surface area contributed by atoms with E-state index in [4.69, 9.17) is 0 Å². The van der Waals surface area contributed by atoms with Crippen molar-refractivity contribution in [2.75, 3.05) is 14.2 Å². The maximum Gasteiger partial charge on any atom is 0.326 e. The Kier molecular flexibility index (Phi) is 9.31. The van der Waals surface area contributed by atoms with Gasteiger partial charge in [-0.2, -0.15) is 0 Å². The number of hydrogen-bond donors (Lipinski definition) is 3. The van der Waals surface area contributed by atoms with Crippen LogP contribution in [0.25, 0.3) is 0 Å². The SMILES string of the molecule is COC(=O)C(C(=O)OC)[C@H](C)[C@@H](NC(=O)[C@H](NC(C)=O)C(C)C)C(=O)O. The molecule has 0 saturated heterocycles. The van der Waals surface area contributed by atoms with Crippen molar-refractivity contribution in [1.82, 2.24) is 10.6 Å². The molecule has 0 saturated carbocycles. The standard InChI is InChI=1S/C16H26N2O8/c1-7(2)11(17-9(4)19)13(20)18-12(14(21)22)8(3)10(15(23)25-5)16(24)26-6/h7-8,10-12H,1-6H3,(H,17,19)(H,18,20)(H,21,22)/t8-,11+,12+/m0/s1. The predicted molar refractivity (Wildman–Crippen MR) is 88.7 cm³/mol. The monoisotopic (exact) mass is 374 g/mol.